The Bertz CT molecular complexity index is 340. The van der Waals surface area contributed by atoms with Crippen LogP contribution in [0.4, 0.5) is 0 Å². The maximum Gasteiger partial charge on any atom is 0.217 e. The molecule has 0 aliphatic carbocycles. The zero-order valence-corrected chi connectivity index (χ0v) is 12.5. The predicted molar refractivity (Wildman–Crippen MR) is 71.5 cm³/mol. The van der Waals surface area contributed by atoms with Gasteiger partial charge in [0.15, 0.2) is 0 Å². The van der Waals surface area contributed by atoms with Gasteiger partial charge in [-0.15, -0.1) is 0 Å². The molecule has 1 N–H and O–H groups in total. The zero-order chi connectivity index (χ0) is 13.3. The molecule has 4 nitrogen and oxygen atoms in total. The van der Waals surface area contributed by atoms with Crippen molar-refractivity contribution in [3.8, 4) is 0 Å². The first-order valence-corrected chi connectivity index (χ1v) is 7.85. The molecule has 1 saturated heterocycles. The molecule has 1 aliphatic heterocycles. The highest BCUT2D eigenvalue weighted by Crippen LogP contribution is 2.27. The molecule has 0 amide bonds. The third-order valence-corrected chi connectivity index (χ3v) is 6.34. The van der Waals surface area contributed by atoms with E-state index in [2.05, 4.69) is 26.1 Å². The largest absolute Gasteiger partial charge is 0.317 e. The van der Waals surface area contributed by atoms with Gasteiger partial charge in [-0.05, 0) is 38.3 Å². The predicted octanol–water partition coefficient (Wildman–Crippen LogP) is 1.43. The summed E-state index contributed by atoms with van der Waals surface area (Å²) in [6.07, 6.45) is 1.45. The van der Waals surface area contributed by atoms with Crippen LogP contribution in [0.15, 0.2) is 0 Å². The Labute approximate surface area is 106 Å². The van der Waals surface area contributed by atoms with E-state index < -0.39 is 10.0 Å². The van der Waals surface area contributed by atoms with E-state index in [4.69, 9.17) is 0 Å². The molecule has 1 rings (SSSR count). The van der Waals surface area contributed by atoms with Crippen molar-refractivity contribution in [2.45, 2.75) is 51.8 Å². The van der Waals surface area contributed by atoms with Crippen LogP contribution in [0.5, 0.6) is 0 Å². The average molecular weight is 262 g/mol. The lowest BCUT2D eigenvalue weighted by Gasteiger charge is -2.37. The maximum atomic E-state index is 12.5. The van der Waals surface area contributed by atoms with Gasteiger partial charge in [-0.3, -0.25) is 0 Å². The van der Waals surface area contributed by atoms with Crippen molar-refractivity contribution in [3.05, 3.63) is 0 Å². The van der Waals surface area contributed by atoms with Crippen LogP contribution in [-0.2, 0) is 10.0 Å². The number of sulfonamides is 1. The molecule has 0 aromatic carbocycles. The fourth-order valence-corrected chi connectivity index (χ4v) is 4.15. The smallest absolute Gasteiger partial charge is 0.217 e. The number of piperidine rings is 1. The number of hydrogen-bond donors (Lipinski definition) is 1. The average Bonchev–Trinajstić information content (AvgIpc) is 2.27. The van der Waals surface area contributed by atoms with Gasteiger partial charge in [0.05, 0.1) is 5.25 Å². The van der Waals surface area contributed by atoms with Crippen LogP contribution < -0.4 is 5.32 Å². The van der Waals surface area contributed by atoms with E-state index in [1.54, 1.807) is 11.4 Å². The van der Waals surface area contributed by atoms with E-state index in [1.165, 1.54) is 0 Å². The summed E-state index contributed by atoms with van der Waals surface area (Å²) < 4.78 is 26.5. The monoisotopic (exact) mass is 262 g/mol. The van der Waals surface area contributed by atoms with E-state index in [9.17, 15) is 8.42 Å². The first-order valence-electron chi connectivity index (χ1n) is 6.35. The van der Waals surface area contributed by atoms with Crippen LogP contribution in [0.2, 0.25) is 0 Å². The van der Waals surface area contributed by atoms with Gasteiger partial charge >= 0.3 is 0 Å². The summed E-state index contributed by atoms with van der Waals surface area (Å²) in [5.74, 6) is 0. The second-order valence-electron chi connectivity index (χ2n) is 6.05. The standard InChI is InChI=1S/C12H26N2O2S/c1-10(12(2,3)4)14(5)17(15,16)11-6-8-13-9-7-11/h10-11,13H,6-9H2,1-5H3. The van der Waals surface area contributed by atoms with Crippen LogP contribution >= 0.6 is 0 Å². The number of rotatable bonds is 3. The summed E-state index contributed by atoms with van der Waals surface area (Å²) in [5.41, 5.74) is -0.0330. The summed E-state index contributed by atoms with van der Waals surface area (Å²) in [6.45, 7) is 9.83. The Morgan fingerprint density at radius 1 is 1.24 bits per heavy atom. The van der Waals surface area contributed by atoms with E-state index in [0.717, 1.165) is 25.9 Å². The molecule has 5 heteroatoms. The summed E-state index contributed by atoms with van der Waals surface area (Å²) >= 11 is 0. The minimum Gasteiger partial charge on any atom is -0.317 e. The van der Waals surface area contributed by atoms with E-state index >= 15 is 0 Å². The van der Waals surface area contributed by atoms with Crippen molar-refractivity contribution in [1.29, 1.82) is 0 Å². The van der Waals surface area contributed by atoms with Gasteiger partial charge in [-0.25, -0.2) is 12.7 Å². The van der Waals surface area contributed by atoms with Gasteiger partial charge in [0.1, 0.15) is 0 Å². The number of nitrogens with one attached hydrogen (secondary N) is 1. The highest BCUT2D eigenvalue weighted by Gasteiger charge is 2.36. The molecule has 0 radical (unpaired) electrons. The van der Waals surface area contributed by atoms with Gasteiger partial charge in [0, 0.05) is 13.1 Å². The summed E-state index contributed by atoms with van der Waals surface area (Å²) in [6, 6.07) is 0.0161. The van der Waals surface area contributed by atoms with Crippen molar-refractivity contribution in [2.24, 2.45) is 5.41 Å². The van der Waals surface area contributed by atoms with Gasteiger partial charge < -0.3 is 5.32 Å². The lowest BCUT2D eigenvalue weighted by atomic mass is 9.88. The maximum absolute atomic E-state index is 12.5. The Balaban J connectivity index is 2.82. The topological polar surface area (TPSA) is 49.4 Å². The van der Waals surface area contributed by atoms with Crippen LogP contribution in [0.25, 0.3) is 0 Å². The molecule has 1 aliphatic rings. The molecule has 1 heterocycles. The third-order valence-electron chi connectivity index (χ3n) is 3.91. The van der Waals surface area contributed by atoms with Gasteiger partial charge in [0.2, 0.25) is 10.0 Å². The second-order valence-corrected chi connectivity index (χ2v) is 8.33. The molecule has 1 atom stereocenters. The Morgan fingerprint density at radius 3 is 2.12 bits per heavy atom. The molecule has 0 saturated carbocycles. The van der Waals surface area contributed by atoms with Crippen molar-refractivity contribution in [3.63, 3.8) is 0 Å². The van der Waals surface area contributed by atoms with Crippen LogP contribution in [-0.4, -0.2) is 44.2 Å². The Morgan fingerprint density at radius 2 is 1.71 bits per heavy atom. The molecule has 0 bridgehead atoms. The van der Waals surface area contributed by atoms with Crippen LogP contribution in [0.1, 0.15) is 40.5 Å². The van der Waals surface area contributed by atoms with Gasteiger partial charge in [-0.1, -0.05) is 20.8 Å². The highest BCUT2D eigenvalue weighted by molar-refractivity contribution is 7.89. The van der Waals surface area contributed by atoms with Gasteiger partial charge in [0.25, 0.3) is 0 Å². The minimum atomic E-state index is -3.15. The van der Waals surface area contributed by atoms with Crippen molar-refractivity contribution >= 4 is 10.0 Å². The molecule has 0 aromatic rings. The highest BCUT2D eigenvalue weighted by atomic mass is 32.2. The Hall–Kier alpha value is -0.130. The van der Waals surface area contributed by atoms with Crippen LogP contribution in [0.3, 0.4) is 0 Å². The minimum absolute atomic E-state index is 0.0161. The zero-order valence-electron chi connectivity index (χ0n) is 11.7. The SMILES string of the molecule is CC(N(C)S(=O)(=O)C1CCNCC1)C(C)(C)C. The molecule has 0 aromatic heterocycles. The first-order chi connectivity index (χ1) is 7.67. The van der Waals surface area contributed by atoms with E-state index in [1.807, 2.05) is 6.92 Å². The fourth-order valence-electron chi connectivity index (χ4n) is 2.09. The summed E-state index contributed by atoms with van der Waals surface area (Å²) in [5, 5.41) is 2.99. The van der Waals surface area contributed by atoms with E-state index in [0.29, 0.717) is 0 Å². The molecule has 0 spiro atoms. The summed E-state index contributed by atoms with van der Waals surface area (Å²) in [7, 11) is -1.44. The molecule has 1 fully saturated rings. The lowest BCUT2D eigenvalue weighted by Crippen LogP contribution is -2.49. The van der Waals surface area contributed by atoms with Gasteiger partial charge in [-0.2, -0.15) is 0 Å². The fraction of sp³-hybridized carbons (Fsp3) is 1.00. The molecule has 1 unspecified atom stereocenters. The molecule has 102 valence electrons. The normalized spacial score (nSPS) is 21.8. The number of hydrogen-bond acceptors (Lipinski definition) is 3. The van der Waals surface area contributed by atoms with E-state index in [-0.39, 0.29) is 16.7 Å². The Kier molecular flexibility index (Phi) is 4.60. The second kappa shape index (κ2) is 5.24. The molecular weight excluding hydrogens is 236 g/mol. The van der Waals surface area contributed by atoms with Crippen LogP contribution in [0, 0.1) is 5.41 Å². The number of nitrogens with zero attached hydrogens (tertiary/aromatic N) is 1. The first kappa shape index (κ1) is 14.9. The lowest BCUT2D eigenvalue weighted by molar-refractivity contribution is 0.214. The van der Waals surface area contributed by atoms with Crippen molar-refractivity contribution in [2.75, 3.05) is 20.1 Å². The summed E-state index contributed by atoms with van der Waals surface area (Å²) in [4.78, 5) is 0. The third kappa shape index (κ3) is 3.42. The van der Waals surface area contributed by atoms with Crippen molar-refractivity contribution in [1.82, 2.24) is 9.62 Å². The molecule has 17 heavy (non-hydrogen) atoms. The van der Waals surface area contributed by atoms with Crippen molar-refractivity contribution < 1.29 is 8.42 Å². The quantitative estimate of drug-likeness (QED) is 0.837. The molecular formula is C12H26N2O2S.